The molecular formula is C13H16N4O2S. The van der Waals surface area contributed by atoms with E-state index in [1.165, 1.54) is 11.8 Å². The molecule has 1 N–H and O–H groups in total. The van der Waals surface area contributed by atoms with E-state index in [2.05, 4.69) is 22.1 Å². The highest BCUT2D eigenvalue weighted by Crippen LogP contribution is 2.25. The Kier molecular flexibility index (Phi) is 4.62. The second-order valence-electron chi connectivity index (χ2n) is 4.14. The number of nitrogens with zero attached hydrogens (tertiary/aromatic N) is 3. The number of thioether (sulfide) groups is 1. The van der Waals surface area contributed by atoms with Crippen molar-refractivity contribution in [1.82, 2.24) is 20.1 Å². The number of amides is 1. The van der Waals surface area contributed by atoms with Gasteiger partial charge in [-0.2, -0.15) is 0 Å². The topological polar surface area (TPSA) is 73.0 Å². The lowest BCUT2D eigenvalue weighted by atomic mass is 10.4. The maximum absolute atomic E-state index is 11.8. The number of carbonyl (C=O) groups is 1. The summed E-state index contributed by atoms with van der Waals surface area (Å²) >= 11 is 1.35. The van der Waals surface area contributed by atoms with Crippen LogP contribution in [0.25, 0.3) is 11.6 Å². The smallest absolute Gasteiger partial charge is 0.233 e. The molecule has 0 saturated heterocycles. The van der Waals surface area contributed by atoms with Crippen LogP contribution in [0.1, 0.15) is 6.92 Å². The summed E-state index contributed by atoms with van der Waals surface area (Å²) < 4.78 is 7.10. The van der Waals surface area contributed by atoms with E-state index in [0.29, 0.717) is 23.3 Å². The number of aromatic nitrogens is 3. The summed E-state index contributed by atoms with van der Waals surface area (Å²) in [6.07, 6.45) is 3.23. The van der Waals surface area contributed by atoms with Crippen molar-refractivity contribution in [2.75, 3.05) is 6.54 Å². The highest BCUT2D eigenvalue weighted by Gasteiger charge is 2.19. The highest BCUT2D eigenvalue weighted by molar-refractivity contribution is 8.00. The Morgan fingerprint density at radius 3 is 3.10 bits per heavy atom. The molecule has 2 aromatic heterocycles. The van der Waals surface area contributed by atoms with Gasteiger partial charge in [0.2, 0.25) is 5.91 Å². The minimum absolute atomic E-state index is 0.0579. The van der Waals surface area contributed by atoms with Crippen LogP contribution in [0, 0.1) is 0 Å². The molecule has 2 aromatic rings. The van der Waals surface area contributed by atoms with Gasteiger partial charge >= 0.3 is 0 Å². The molecule has 0 aliphatic rings. The molecule has 1 amide bonds. The van der Waals surface area contributed by atoms with Gasteiger partial charge in [-0.25, -0.2) is 0 Å². The molecule has 106 valence electrons. The van der Waals surface area contributed by atoms with Crippen LogP contribution in [0.15, 0.2) is 40.6 Å². The molecule has 2 rings (SSSR count). The molecule has 20 heavy (non-hydrogen) atoms. The summed E-state index contributed by atoms with van der Waals surface area (Å²) in [5, 5.41) is 11.3. The van der Waals surface area contributed by atoms with Gasteiger partial charge in [-0.1, -0.05) is 17.8 Å². The molecule has 7 heteroatoms. The predicted molar refractivity (Wildman–Crippen MR) is 77.2 cm³/mol. The Hall–Kier alpha value is -2.02. The molecule has 0 spiro atoms. The summed E-state index contributed by atoms with van der Waals surface area (Å²) in [5.41, 5.74) is 0. The van der Waals surface area contributed by atoms with Gasteiger partial charge in [-0.05, 0) is 19.1 Å². The van der Waals surface area contributed by atoms with Gasteiger partial charge in [0.25, 0.3) is 0 Å². The van der Waals surface area contributed by atoms with Crippen molar-refractivity contribution in [2.45, 2.75) is 17.3 Å². The van der Waals surface area contributed by atoms with Crippen molar-refractivity contribution in [2.24, 2.45) is 7.05 Å². The van der Waals surface area contributed by atoms with Gasteiger partial charge in [0.1, 0.15) is 0 Å². The van der Waals surface area contributed by atoms with E-state index >= 15 is 0 Å². The SMILES string of the molecule is C=CCNC(=O)[C@H](C)Sc1nnc(-c2ccco2)n1C. The Balaban J connectivity index is 2.07. The van der Waals surface area contributed by atoms with Gasteiger partial charge in [0, 0.05) is 13.6 Å². The number of nitrogens with one attached hydrogen (secondary N) is 1. The molecule has 0 aliphatic carbocycles. The van der Waals surface area contributed by atoms with Gasteiger partial charge in [-0.3, -0.25) is 4.79 Å². The molecule has 0 aromatic carbocycles. The maximum Gasteiger partial charge on any atom is 0.233 e. The third-order valence-electron chi connectivity index (χ3n) is 2.65. The fraction of sp³-hybridized carbons (Fsp3) is 0.308. The van der Waals surface area contributed by atoms with Crippen LogP contribution in [-0.4, -0.2) is 32.5 Å². The van der Waals surface area contributed by atoms with Crippen molar-refractivity contribution in [3.05, 3.63) is 31.1 Å². The van der Waals surface area contributed by atoms with E-state index in [4.69, 9.17) is 4.42 Å². The third kappa shape index (κ3) is 3.11. The zero-order valence-corrected chi connectivity index (χ0v) is 12.2. The van der Waals surface area contributed by atoms with E-state index in [-0.39, 0.29) is 11.2 Å². The standard InChI is InChI=1S/C13H16N4O2S/c1-4-7-14-12(18)9(2)20-13-16-15-11(17(13)3)10-6-5-8-19-10/h4-6,8-9H,1,7H2,2-3H3,(H,14,18)/t9-/m0/s1. The molecule has 0 bridgehead atoms. The van der Waals surface area contributed by atoms with E-state index < -0.39 is 0 Å². The Morgan fingerprint density at radius 1 is 1.65 bits per heavy atom. The quantitative estimate of drug-likeness (QED) is 0.650. The van der Waals surface area contributed by atoms with Gasteiger partial charge < -0.3 is 14.3 Å². The maximum atomic E-state index is 11.8. The van der Waals surface area contributed by atoms with Crippen LogP contribution in [-0.2, 0) is 11.8 Å². The summed E-state index contributed by atoms with van der Waals surface area (Å²) in [6, 6.07) is 3.61. The Labute approximate surface area is 121 Å². The van der Waals surface area contributed by atoms with Crippen LogP contribution in [0.5, 0.6) is 0 Å². The molecule has 0 fully saturated rings. The second-order valence-corrected chi connectivity index (χ2v) is 5.44. The Morgan fingerprint density at radius 2 is 2.45 bits per heavy atom. The largest absolute Gasteiger partial charge is 0.461 e. The summed E-state index contributed by atoms with van der Waals surface area (Å²) in [6.45, 7) is 5.85. The summed E-state index contributed by atoms with van der Waals surface area (Å²) in [7, 11) is 1.84. The van der Waals surface area contributed by atoms with Crippen LogP contribution in [0.3, 0.4) is 0 Å². The van der Waals surface area contributed by atoms with Crippen LogP contribution in [0.2, 0.25) is 0 Å². The van der Waals surface area contributed by atoms with Crippen molar-refractivity contribution < 1.29 is 9.21 Å². The van der Waals surface area contributed by atoms with Crippen LogP contribution in [0.4, 0.5) is 0 Å². The average Bonchev–Trinajstić information content (AvgIpc) is 3.07. The molecule has 0 radical (unpaired) electrons. The number of furan rings is 1. The van der Waals surface area contributed by atoms with Crippen molar-refractivity contribution in [3.63, 3.8) is 0 Å². The number of hydrogen-bond acceptors (Lipinski definition) is 5. The second kappa shape index (κ2) is 6.42. The lowest BCUT2D eigenvalue weighted by molar-refractivity contribution is -0.120. The van der Waals surface area contributed by atoms with Crippen molar-refractivity contribution in [3.8, 4) is 11.6 Å². The molecule has 2 heterocycles. The van der Waals surface area contributed by atoms with Crippen molar-refractivity contribution in [1.29, 1.82) is 0 Å². The van der Waals surface area contributed by atoms with E-state index in [1.54, 1.807) is 23.0 Å². The molecular weight excluding hydrogens is 276 g/mol. The zero-order chi connectivity index (χ0) is 14.5. The third-order valence-corrected chi connectivity index (χ3v) is 3.78. The van der Waals surface area contributed by atoms with Gasteiger partial charge in [-0.15, -0.1) is 16.8 Å². The van der Waals surface area contributed by atoms with Gasteiger partial charge in [0.05, 0.1) is 11.5 Å². The fourth-order valence-electron chi connectivity index (χ4n) is 1.57. The summed E-state index contributed by atoms with van der Waals surface area (Å²) in [5.74, 6) is 1.23. The number of hydrogen-bond donors (Lipinski definition) is 1. The highest BCUT2D eigenvalue weighted by atomic mass is 32.2. The van der Waals surface area contributed by atoms with E-state index in [1.807, 2.05) is 20.0 Å². The molecule has 6 nitrogen and oxygen atoms in total. The monoisotopic (exact) mass is 292 g/mol. The normalized spacial score (nSPS) is 12.1. The predicted octanol–water partition coefficient (Wildman–Crippen LogP) is 1.86. The zero-order valence-electron chi connectivity index (χ0n) is 11.4. The van der Waals surface area contributed by atoms with Gasteiger partial charge in [0.15, 0.2) is 16.7 Å². The summed E-state index contributed by atoms with van der Waals surface area (Å²) in [4.78, 5) is 11.8. The lowest BCUT2D eigenvalue weighted by Gasteiger charge is -2.10. The van der Waals surface area contributed by atoms with E-state index in [0.717, 1.165) is 0 Å². The molecule has 0 saturated carbocycles. The molecule has 0 unspecified atom stereocenters. The first kappa shape index (κ1) is 14.4. The first-order valence-corrected chi connectivity index (χ1v) is 7.00. The number of rotatable bonds is 6. The lowest BCUT2D eigenvalue weighted by Crippen LogP contribution is -2.31. The minimum Gasteiger partial charge on any atom is -0.461 e. The Bertz CT molecular complexity index is 592. The molecule has 0 aliphatic heterocycles. The fourth-order valence-corrected chi connectivity index (χ4v) is 2.41. The van der Waals surface area contributed by atoms with E-state index in [9.17, 15) is 4.79 Å². The molecule has 1 atom stereocenters. The average molecular weight is 292 g/mol. The van der Waals surface area contributed by atoms with Crippen molar-refractivity contribution >= 4 is 17.7 Å². The minimum atomic E-state index is -0.262. The van der Waals surface area contributed by atoms with Crippen LogP contribution < -0.4 is 5.32 Å². The van der Waals surface area contributed by atoms with Crippen LogP contribution >= 0.6 is 11.8 Å². The first-order chi connectivity index (χ1) is 9.63. The first-order valence-electron chi connectivity index (χ1n) is 6.12. The number of carbonyl (C=O) groups excluding carboxylic acids is 1.